The van der Waals surface area contributed by atoms with Crippen molar-refractivity contribution >= 4 is 12.4 Å². The van der Waals surface area contributed by atoms with Crippen molar-refractivity contribution in [2.45, 2.75) is 6.42 Å². The van der Waals surface area contributed by atoms with Crippen LogP contribution in [0.15, 0.2) is 42.2 Å². The molecule has 0 unspecified atom stereocenters. The van der Waals surface area contributed by atoms with Gasteiger partial charge in [0, 0.05) is 19.5 Å². The van der Waals surface area contributed by atoms with Crippen molar-refractivity contribution in [1.29, 1.82) is 0 Å². The van der Waals surface area contributed by atoms with Gasteiger partial charge in [0.2, 0.25) is 0 Å². The first kappa shape index (κ1) is 11.1. The maximum absolute atomic E-state index is 5.68. The molecule has 0 amide bonds. The van der Waals surface area contributed by atoms with Crippen LogP contribution in [0.2, 0.25) is 0 Å². The van der Waals surface area contributed by atoms with Crippen molar-refractivity contribution in [3.05, 3.63) is 42.2 Å². The van der Waals surface area contributed by atoms with Crippen molar-refractivity contribution in [3.8, 4) is 5.75 Å². The second-order valence-corrected chi connectivity index (χ2v) is 3.04. The van der Waals surface area contributed by atoms with Crippen LogP contribution < -0.4 is 10.1 Å². The monoisotopic (exact) mass is 211 g/mol. The highest BCUT2D eigenvalue weighted by atomic mass is 35.5. The Labute approximate surface area is 90.4 Å². The summed E-state index contributed by atoms with van der Waals surface area (Å²) in [6, 6.07) is 9.91. The van der Waals surface area contributed by atoms with E-state index in [2.05, 4.69) is 11.4 Å². The van der Waals surface area contributed by atoms with Gasteiger partial charge in [0.15, 0.2) is 0 Å². The van der Waals surface area contributed by atoms with Gasteiger partial charge in [-0.15, -0.1) is 12.4 Å². The zero-order chi connectivity index (χ0) is 8.93. The summed E-state index contributed by atoms with van der Waals surface area (Å²) in [5.41, 5.74) is 0. The van der Waals surface area contributed by atoms with Crippen LogP contribution in [0.25, 0.3) is 0 Å². The van der Waals surface area contributed by atoms with Gasteiger partial charge in [0.25, 0.3) is 0 Å². The van der Waals surface area contributed by atoms with Crippen LogP contribution in [0.3, 0.4) is 0 Å². The molecule has 1 aliphatic rings. The summed E-state index contributed by atoms with van der Waals surface area (Å²) in [5, 5.41) is 3.24. The lowest BCUT2D eigenvalue weighted by atomic mass is 10.2. The maximum Gasteiger partial charge on any atom is 0.126 e. The number of rotatable bonds is 2. The van der Waals surface area contributed by atoms with Crippen molar-refractivity contribution in [3.63, 3.8) is 0 Å². The van der Waals surface area contributed by atoms with Gasteiger partial charge in [-0.3, -0.25) is 0 Å². The first-order valence-electron chi connectivity index (χ1n) is 4.58. The minimum absolute atomic E-state index is 0. The SMILES string of the molecule is C1=C(Oc2ccccc2)CCNC1.Cl. The third-order valence-electron chi connectivity index (χ3n) is 2.01. The van der Waals surface area contributed by atoms with Gasteiger partial charge in [0.1, 0.15) is 11.5 Å². The van der Waals surface area contributed by atoms with E-state index in [9.17, 15) is 0 Å². The first-order chi connectivity index (χ1) is 6.45. The van der Waals surface area contributed by atoms with E-state index in [-0.39, 0.29) is 12.4 Å². The molecule has 3 heteroatoms. The second kappa shape index (κ2) is 5.68. The zero-order valence-corrected chi connectivity index (χ0v) is 8.72. The quantitative estimate of drug-likeness (QED) is 0.811. The highest BCUT2D eigenvalue weighted by Gasteiger charge is 2.03. The number of hydrogen-bond donors (Lipinski definition) is 1. The number of hydrogen-bond acceptors (Lipinski definition) is 2. The molecule has 0 bridgehead atoms. The van der Waals surface area contributed by atoms with Gasteiger partial charge in [-0.2, -0.15) is 0 Å². The lowest BCUT2D eigenvalue weighted by Gasteiger charge is -2.14. The van der Waals surface area contributed by atoms with Crippen LogP contribution in [-0.4, -0.2) is 13.1 Å². The number of nitrogens with one attached hydrogen (secondary N) is 1. The molecule has 14 heavy (non-hydrogen) atoms. The number of para-hydroxylation sites is 1. The highest BCUT2D eigenvalue weighted by molar-refractivity contribution is 5.85. The molecule has 0 fully saturated rings. The van der Waals surface area contributed by atoms with Crippen molar-refractivity contribution in [1.82, 2.24) is 5.32 Å². The summed E-state index contributed by atoms with van der Waals surface area (Å²) >= 11 is 0. The lowest BCUT2D eigenvalue weighted by Crippen LogP contribution is -2.22. The lowest BCUT2D eigenvalue weighted by molar-refractivity contribution is 0.388. The molecule has 0 aliphatic carbocycles. The van der Waals surface area contributed by atoms with E-state index in [1.165, 1.54) is 0 Å². The summed E-state index contributed by atoms with van der Waals surface area (Å²) in [6.07, 6.45) is 3.07. The molecule has 76 valence electrons. The van der Waals surface area contributed by atoms with Crippen LogP contribution in [-0.2, 0) is 0 Å². The molecule has 0 spiro atoms. The Bertz CT molecular complexity index is 297. The molecule has 1 heterocycles. The van der Waals surface area contributed by atoms with Gasteiger partial charge < -0.3 is 10.1 Å². The molecule has 0 saturated carbocycles. The standard InChI is InChI=1S/C11H13NO.ClH/c1-2-4-10(5-3-1)13-11-6-8-12-9-7-11;/h1-6,12H,7-9H2;1H. The fourth-order valence-electron chi connectivity index (χ4n) is 1.33. The second-order valence-electron chi connectivity index (χ2n) is 3.04. The molecule has 1 aromatic rings. The molecule has 0 atom stereocenters. The van der Waals surface area contributed by atoms with E-state index >= 15 is 0 Å². The largest absolute Gasteiger partial charge is 0.462 e. The Morgan fingerprint density at radius 1 is 1.14 bits per heavy atom. The van der Waals surface area contributed by atoms with Gasteiger partial charge in [-0.05, 0) is 18.2 Å². The summed E-state index contributed by atoms with van der Waals surface area (Å²) < 4.78 is 5.68. The molecule has 0 aromatic heterocycles. The summed E-state index contributed by atoms with van der Waals surface area (Å²) in [7, 11) is 0. The maximum atomic E-state index is 5.68. The number of halogens is 1. The van der Waals surface area contributed by atoms with Crippen LogP contribution in [0.5, 0.6) is 5.75 Å². The normalized spacial score (nSPS) is 15.3. The van der Waals surface area contributed by atoms with Crippen LogP contribution >= 0.6 is 12.4 Å². The van der Waals surface area contributed by atoms with E-state index in [4.69, 9.17) is 4.74 Å². The van der Waals surface area contributed by atoms with Gasteiger partial charge in [-0.1, -0.05) is 18.2 Å². The predicted molar refractivity (Wildman–Crippen MR) is 59.9 cm³/mol. The van der Waals surface area contributed by atoms with Crippen LogP contribution in [0.4, 0.5) is 0 Å². The fourth-order valence-corrected chi connectivity index (χ4v) is 1.33. The predicted octanol–water partition coefficient (Wildman–Crippen LogP) is 2.36. The van der Waals surface area contributed by atoms with Gasteiger partial charge in [0.05, 0.1) is 0 Å². The van der Waals surface area contributed by atoms with Gasteiger partial charge in [-0.25, -0.2) is 0 Å². The number of ether oxygens (including phenoxy) is 1. The summed E-state index contributed by atoms with van der Waals surface area (Å²) in [6.45, 7) is 1.93. The average molecular weight is 212 g/mol. The Kier molecular flexibility index (Phi) is 4.50. The summed E-state index contributed by atoms with van der Waals surface area (Å²) in [4.78, 5) is 0. The molecule has 1 N–H and O–H groups in total. The molecule has 1 aromatic carbocycles. The Hall–Kier alpha value is -0.990. The Morgan fingerprint density at radius 3 is 2.57 bits per heavy atom. The Balaban J connectivity index is 0.000000980. The van der Waals surface area contributed by atoms with Gasteiger partial charge >= 0.3 is 0 Å². The zero-order valence-electron chi connectivity index (χ0n) is 7.90. The van der Waals surface area contributed by atoms with E-state index in [0.29, 0.717) is 0 Å². The van der Waals surface area contributed by atoms with Crippen LogP contribution in [0.1, 0.15) is 6.42 Å². The third-order valence-corrected chi connectivity index (χ3v) is 2.01. The molecule has 2 rings (SSSR count). The van der Waals surface area contributed by atoms with Crippen molar-refractivity contribution < 1.29 is 4.74 Å². The smallest absolute Gasteiger partial charge is 0.126 e. The minimum atomic E-state index is 0. The molecule has 2 nitrogen and oxygen atoms in total. The van der Waals surface area contributed by atoms with E-state index in [0.717, 1.165) is 31.0 Å². The molecular weight excluding hydrogens is 198 g/mol. The first-order valence-corrected chi connectivity index (χ1v) is 4.58. The molecule has 1 aliphatic heterocycles. The van der Waals surface area contributed by atoms with Crippen molar-refractivity contribution in [2.24, 2.45) is 0 Å². The Morgan fingerprint density at radius 2 is 1.93 bits per heavy atom. The van der Waals surface area contributed by atoms with Crippen LogP contribution in [0, 0.1) is 0 Å². The highest BCUT2D eigenvalue weighted by Crippen LogP contribution is 2.15. The molecule has 0 radical (unpaired) electrons. The summed E-state index contributed by atoms with van der Waals surface area (Å²) in [5.74, 6) is 2.00. The topological polar surface area (TPSA) is 21.3 Å². The molecular formula is C11H14ClNO. The van der Waals surface area contributed by atoms with E-state index in [1.54, 1.807) is 0 Å². The number of benzene rings is 1. The van der Waals surface area contributed by atoms with E-state index in [1.807, 2.05) is 30.3 Å². The average Bonchev–Trinajstić information content (AvgIpc) is 2.21. The van der Waals surface area contributed by atoms with E-state index < -0.39 is 0 Å². The van der Waals surface area contributed by atoms with Crippen molar-refractivity contribution in [2.75, 3.05) is 13.1 Å². The fraction of sp³-hybridized carbons (Fsp3) is 0.273. The third kappa shape index (κ3) is 3.05. The molecule has 0 saturated heterocycles. The minimum Gasteiger partial charge on any atom is -0.462 e.